The van der Waals surface area contributed by atoms with Crippen LogP contribution in [0.3, 0.4) is 0 Å². The highest BCUT2D eigenvalue weighted by Gasteiger charge is 2.43. The lowest BCUT2D eigenvalue weighted by Gasteiger charge is -2.29. The third kappa shape index (κ3) is 4.45. The molecule has 178 valence electrons. The first kappa shape index (κ1) is 23.3. The van der Waals surface area contributed by atoms with E-state index in [-0.39, 0.29) is 36.1 Å². The smallest absolute Gasteiger partial charge is 0.412 e. The summed E-state index contributed by atoms with van der Waals surface area (Å²) in [6.07, 6.45) is -4.49. The number of amides is 4. The molecule has 2 heterocycles. The second kappa shape index (κ2) is 8.81. The third-order valence-corrected chi connectivity index (χ3v) is 5.84. The quantitative estimate of drug-likeness (QED) is 0.647. The van der Waals surface area contributed by atoms with Gasteiger partial charge in [-0.2, -0.15) is 13.2 Å². The number of rotatable bonds is 5. The summed E-state index contributed by atoms with van der Waals surface area (Å²) in [6, 6.07) is 6.05. The zero-order valence-corrected chi connectivity index (χ0v) is 17.9. The van der Waals surface area contributed by atoms with Crippen molar-refractivity contribution in [3.05, 3.63) is 64.7 Å². The van der Waals surface area contributed by atoms with E-state index in [9.17, 15) is 32.3 Å². The molecule has 11 heteroatoms. The van der Waals surface area contributed by atoms with Gasteiger partial charge in [-0.15, -0.1) is 0 Å². The number of ether oxygens (including phenoxy) is 1. The molecule has 0 aliphatic carbocycles. The maximum atomic E-state index is 13.7. The van der Waals surface area contributed by atoms with Gasteiger partial charge in [-0.1, -0.05) is 12.1 Å². The van der Waals surface area contributed by atoms with Crippen LogP contribution in [0.1, 0.15) is 50.7 Å². The maximum Gasteiger partial charge on any atom is 0.412 e. The molecule has 1 saturated heterocycles. The molecule has 2 aromatic rings. The van der Waals surface area contributed by atoms with Crippen molar-refractivity contribution in [1.29, 1.82) is 0 Å². The van der Waals surface area contributed by atoms with Crippen LogP contribution in [0.25, 0.3) is 0 Å². The number of imide groups is 1. The van der Waals surface area contributed by atoms with Gasteiger partial charge in [0.15, 0.2) is 6.04 Å². The van der Waals surface area contributed by atoms with Gasteiger partial charge in [0, 0.05) is 24.1 Å². The minimum atomic E-state index is -4.75. The number of nitrogens with one attached hydrogen (secondary N) is 2. The summed E-state index contributed by atoms with van der Waals surface area (Å²) in [7, 11) is 1.39. The first-order chi connectivity index (χ1) is 16.1. The summed E-state index contributed by atoms with van der Waals surface area (Å²) in [5, 5.41) is 4.20. The Labute approximate surface area is 192 Å². The van der Waals surface area contributed by atoms with E-state index in [1.165, 1.54) is 54.5 Å². The predicted octanol–water partition coefficient (Wildman–Crippen LogP) is 2.49. The van der Waals surface area contributed by atoms with E-state index in [1.807, 2.05) is 5.32 Å². The Morgan fingerprint density at radius 2 is 1.85 bits per heavy atom. The fourth-order valence-corrected chi connectivity index (χ4v) is 4.08. The van der Waals surface area contributed by atoms with Crippen LogP contribution in [0.5, 0.6) is 5.75 Å². The van der Waals surface area contributed by atoms with Crippen LogP contribution in [0.2, 0.25) is 0 Å². The van der Waals surface area contributed by atoms with E-state index in [2.05, 4.69) is 5.32 Å². The van der Waals surface area contributed by atoms with Crippen molar-refractivity contribution in [3.63, 3.8) is 0 Å². The van der Waals surface area contributed by atoms with Crippen LogP contribution >= 0.6 is 0 Å². The lowest BCUT2D eigenvalue weighted by atomic mass is 10.0. The average molecular weight is 475 g/mol. The standard InChI is InChI=1S/C23H20F3N3O5/c1-34-15-5-2-12(3-6-15)19(23(24,25)26)28-20(31)13-4-7-16-14(10-13)11-29(22(16)33)17-8-9-18(30)27-21(17)32/h2-7,10,17,19H,8-9,11H2,1H3,(H,28,31)(H,27,30,32). The molecule has 0 radical (unpaired) electrons. The van der Waals surface area contributed by atoms with Crippen LogP contribution in [0.15, 0.2) is 42.5 Å². The number of methoxy groups -OCH3 is 1. The summed E-state index contributed by atoms with van der Waals surface area (Å²) in [4.78, 5) is 50.3. The highest BCUT2D eigenvalue weighted by molar-refractivity contribution is 6.06. The highest BCUT2D eigenvalue weighted by Crippen LogP contribution is 2.34. The van der Waals surface area contributed by atoms with Crippen LogP contribution in [0, 0.1) is 0 Å². The van der Waals surface area contributed by atoms with Crippen molar-refractivity contribution < 1.29 is 37.1 Å². The Morgan fingerprint density at radius 1 is 1.15 bits per heavy atom. The fraction of sp³-hybridized carbons (Fsp3) is 0.304. The largest absolute Gasteiger partial charge is 0.497 e. The predicted molar refractivity (Wildman–Crippen MR) is 112 cm³/mol. The van der Waals surface area contributed by atoms with Gasteiger partial charge in [0.05, 0.1) is 7.11 Å². The lowest BCUT2D eigenvalue weighted by Crippen LogP contribution is -2.52. The van der Waals surface area contributed by atoms with E-state index in [0.717, 1.165) is 0 Å². The SMILES string of the molecule is COc1ccc(C(NC(=O)c2ccc3c(c2)CN(C2CCC(=O)NC2=O)C3=O)C(F)(F)F)cc1. The molecule has 2 unspecified atom stereocenters. The number of halogens is 3. The normalized spacial score (nSPS) is 18.9. The highest BCUT2D eigenvalue weighted by atomic mass is 19.4. The van der Waals surface area contributed by atoms with Crippen LogP contribution in [-0.4, -0.2) is 47.9 Å². The molecule has 0 bridgehead atoms. The van der Waals surface area contributed by atoms with Gasteiger partial charge in [0.2, 0.25) is 11.8 Å². The maximum absolute atomic E-state index is 13.7. The van der Waals surface area contributed by atoms with Crippen LogP contribution < -0.4 is 15.4 Å². The molecule has 0 aromatic heterocycles. The van der Waals surface area contributed by atoms with E-state index in [0.29, 0.717) is 11.3 Å². The van der Waals surface area contributed by atoms with Gasteiger partial charge < -0.3 is 15.0 Å². The summed E-state index contributed by atoms with van der Waals surface area (Å²) in [6.45, 7) is 0.00272. The number of benzene rings is 2. The van der Waals surface area contributed by atoms with Gasteiger partial charge in [-0.25, -0.2) is 0 Å². The Bertz CT molecular complexity index is 1160. The van der Waals surface area contributed by atoms with E-state index < -0.39 is 41.9 Å². The van der Waals surface area contributed by atoms with Gasteiger partial charge in [0.1, 0.15) is 11.8 Å². The molecule has 2 N–H and O–H groups in total. The number of piperidine rings is 1. The van der Waals surface area contributed by atoms with Gasteiger partial charge in [-0.05, 0) is 47.9 Å². The summed E-state index contributed by atoms with van der Waals surface area (Å²) >= 11 is 0. The summed E-state index contributed by atoms with van der Waals surface area (Å²) in [5.74, 6) is -2.03. The third-order valence-electron chi connectivity index (χ3n) is 5.84. The Hall–Kier alpha value is -3.89. The minimum Gasteiger partial charge on any atom is -0.497 e. The van der Waals surface area contributed by atoms with Gasteiger partial charge >= 0.3 is 6.18 Å². The number of fused-ring (bicyclic) bond motifs is 1. The summed E-state index contributed by atoms with van der Waals surface area (Å²) < 4.78 is 46.1. The zero-order chi connectivity index (χ0) is 24.6. The van der Waals surface area contributed by atoms with Crippen molar-refractivity contribution in [2.75, 3.05) is 7.11 Å². The molecule has 4 amide bonds. The Kier molecular flexibility index (Phi) is 6.03. The van der Waals surface area contributed by atoms with Crippen LogP contribution in [0.4, 0.5) is 13.2 Å². The van der Waals surface area contributed by atoms with Crippen molar-refractivity contribution in [3.8, 4) is 5.75 Å². The molecule has 34 heavy (non-hydrogen) atoms. The van der Waals surface area contributed by atoms with Crippen molar-refractivity contribution >= 4 is 23.6 Å². The molecule has 2 aromatic carbocycles. The van der Waals surface area contributed by atoms with E-state index in [1.54, 1.807) is 0 Å². The number of carbonyl (C=O) groups is 4. The monoisotopic (exact) mass is 475 g/mol. The molecule has 8 nitrogen and oxygen atoms in total. The Balaban J connectivity index is 1.53. The van der Waals surface area contributed by atoms with Gasteiger partial charge in [-0.3, -0.25) is 24.5 Å². The molecule has 1 fully saturated rings. The molecule has 2 aliphatic heterocycles. The minimum absolute atomic E-state index is 0.00272. The second-order valence-electron chi connectivity index (χ2n) is 7.99. The fourth-order valence-electron chi connectivity index (χ4n) is 4.08. The first-order valence-electron chi connectivity index (χ1n) is 10.4. The van der Waals surface area contributed by atoms with Crippen molar-refractivity contribution in [1.82, 2.24) is 15.5 Å². The molecule has 2 atom stereocenters. The molecular formula is C23H20F3N3O5. The number of hydrogen-bond donors (Lipinski definition) is 2. The number of alkyl halides is 3. The van der Waals surface area contributed by atoms with Gasteiger partial charge in [0.25, 0.3) is 11.8 Å². The number of carbonyl (C=O) groups excluding carboxylic acids is 4. The molecular weight excluding hydrogens is 455 g/mol. The molecule has 0 spiro atoms. The number of nitrogens with zero attached hydrogens (tertiary/aromatic N) is 1. The molecule has 2 aliphatic rings. The van der Waals surface area contributed by atoms with Crippen molar-refractivity contribution in [2.45, 2.75) is 37.6 Å². The van der Waals surface area contributed by atoms with E-state index in [4.69, 9.17) is 4.74 Å². The topological polar surface area (TPSA) is 105 Å². The first-order valence-corrected chi connectivity index (χ1v) is 10.4. The zero-order valence-electron chi connectivity index (χ0n) is 17.9. The second-order valence-corrected chi connectivity index (χ2v) is 7.99. The molecule has 4 rings (SSSR count). The molecule has 0 saturated carbocycles. The lowest BCUT2D eigenvalue weighted by molar-refractivity contribution is -0.155. The van der Waals surface area contributed by atoms with E-state index >= 15 is 0 Å². The average Bonchev–Trinajstić information content (AvgIpc) is 3.12. The Morgan fingerprint density at radius 3 is 2.47 bits per heavy atom. The number of hydrogen-bond acceptors (Lipinski definition) is 5. The van der Waals surface area contributed by atoms with Crippen molar-refractivity contribution in [2.24, 2.45) is 0 Å². The summed E-state index contributed by atoms with van der Waals surface area (Å²) in [5.41, 5.74) is 0.445. The van der Waals surface area contributed by atoms with Crippen LogP contribution in [-0.2, 0) is 16.1 Å².